The average molecular weight is 415 g/mol. The Kier molecular flexibility index (Phi) is 5.64. The van der Waals surface area contributed by atoms with Crippen molar-refractivity contribution in [1.29, 1.82) is 0 Å². The summed E-state index contributed by atoms with van der Waals surface area (Å²) in [5, 5.41) is 26.3. The van der Waals surface area contributed by atoms with Gasteiger partial charge in [0.2, 0.25) is 5.75 Å². The molecule has 29 heavy (non-hydrogen) atoms. The van der Waals surface area contributed by atoms with Gasteiger partial charge in [-0.05, 0) is 23.6 Å². The number of amides is 1. The van der Waals surface area contributed by atoms with Gasteiger partial charge in [-0.25, -0.2) is 10.2 Å². The lowest BCUT2D eigenvalue weighted by Crippen LogP contribution is -2.24. The van der Waals surface area contributed by atoms with Crippen LogP contribution in [-0.2, 0) is 0 Å². The highest BCUT2D eigenvalue weighted by molar-refractivity contribution is 7.13. The Morgan fingerprint density at radius 2 is 2.24 bits per heavy atom. The third-order valence-corrected chi connectivity index (χ3v) is 4.54. The van der Waals surface area contributed by atoms with Crippen molar-refractivity contribution in [1.82, 2.24) is 15.4 Å². The second-order valence-corrected chi connectivity index (χ2v) is 6.46. The number of carbonyl (C=O) groups is 1. The quantitative estimate of drug-likeness (QED) is 0.315. The lowest BCUT2D eigenvalue weighted by molar-refractivity contribution is -0.386. The number of hydrogen-bond donors (Lipinski definition) is 3. The van der Waals surface area contributed by atoms with E-state index in [1.807, 2.05) is 5.38 Å². The van der Waals surface area contributed by atoms with Gasteiger partial charge < -0.3 is 14.8 Å². The van der Waals surface area contributed by atoms with Crippen LogP contribution in [0.5, 0.6) is 11.5 Å². The van der Waals surface area contributed by atoms with Gasteiger partial charge in [0.1, 0.15) is 5.69 Å². The smallest absolute Gasteiger partial charge is 0.346 e. The molecule has 3 rings (SSSR count). The predicted octanol–water partition coefficient (Wildman–Crippen LogP) is 1.88. The summed E-state index contributed by atoms with van der Waals surface area (Å²) in [6.07, 6.45) is 1.13. The Hall–Kier alpha value is -4.06. The number of hydrazone groups is 1. The zero-order valence-electron chi connectivity index (χ0n) is 14.8. The highest BCUT2D eigenvalue weighted by Crippen LogP contribution is 2.36. The molecule has 148 valence electrons. The molecule has 0 radical (unpaired) electrons. The van der Waals surface area contributed by atoms with Crippen molar-refractivity contribution in [2.75, 3.05) is 7.11 Å². The van der Waals surface area contributed by atoms with Gasteiger partial charge in [0.05, 0.1) is 28.8 Å². The van der Waals surface area contributed by atoms with Crippen LogP contribution in [0.1, 0.15) is 16.1 Å². The molecule has 0 saturated carbocycles. The largest absolute Gasteiger partial charge is 0.500 e. The third kappa shape index (κ3) is 4.44. The van der Waals surface area contributed by atoms with E-state index >= 15 is 0 Å². The highest BCUT2D eigenvalue weighted by atomic mass is 32.1. The number of H-pyrrole nitrogens is 1. The number of rotatable bonds is 6. The molecule has 0 spiro atoms. The number of carbonyl (C=O) groups excluding carboxylic acids is 1. The molecule has 2 aromatic heterocycles. The number of hydrogen-bond acceptors (Lipinski definition) is 9. The number of aromatic nitrogens is 2. The number of aromatic amines is 1. The minimum Gasteiger partial charge on any atom is -0.500 e. The molecule has 12 heteroatoms. The van der Waals surface area contributed by atoms with Crippen molar-refractivity contribution in [2.24, 2.45) is 5.10 Å². The average Bonchev–Trinajstić information content (AvgIpc) is 3.23. The Morgan fingerprint density at radius 1 is 1.45 bits per heavy atom. The number of aromatic hydroxyl groups is 1. The number of benzene rings is 1. The molecule has 0 atom stereocenters. The first-order valence-corrected chi connectivity index (χ1v) is 8.81. The van der Waals surface area contributed by atoms with E-state index in [1.54, 1.807) is 12.1 Å². The predicted molar refractivity (Wildman–Crippen MR) is 105 cm³/mol. The number of phenols is 1. The SMILES string of the molecule is COc1cc(/C=N/NC(=O)c2cc(-c3cccs3)[nH]c(=O)n2)cc([N+](=O)[O-])c1O. The molecule has 0 fully saturated rings. The highest BCUT2D eigenvalue weighted by Gasteiger charge is 2.19. The van der Waals surface area contributed by atoms with Crippen LogP contribution in [-0.4, -0.2) is 39.2 Å². The molecule has 1 aromatic carbocycles. The monoisotopic (exact) mass is 415 g/mol. The summed E-state index contributed by atoms with van der Waals surface area (Å²) in [7, 11) is 1.24. The van der Waals surface area contributed by atoms with E-state index in [0.717, 1.165) is 17.2 Å². The van der Waals surface area contributed by atoms with Crippen molar-refractivity contribution in [3.8, 4) is 22.1 Å². The molecule has 3 aromatic rings. The van der Waals surface area contributed by atoms with Crippen LogP contribution >= 0.6 is 11.3 Å². The molecule has 11 nitrogen and oxygen atoms in total. The second kappa shape index (κ2) is 8.31. The Morgan fingerprint density at radius 3 is 2.90 bits per heavy atom. The zero-order valence-corrected chi connectivity index (χ0v) is 15.6. The molecular formula is C17H13N5O6S. The number of nitrogens with zero attached hydrogens (tertiary/aromatic N) is 3. The molecule has 0 unspecified atom stereocenters. The molecule has 2 heterocycles. The van der Waals surface area contributed by atoms with Gasteiger partial charge in [-0.15, -0.1) is 11.3 Å². The second-order valence-electron chi connectivity index (χ2n) is 5.51. The molecule has 0 aliphatic carbocycles. The molecule has 0 saturated heterocycles. The van der Waals surface area contributed by atoms with Crippen molar-refractivity contribution in [2.45, 2.75) is 0 Å². The van der Waals surface area contributed by atoms with Gasteiger partial charge in [0.15, 0.2) is 5.75 Å². The summed E-state index contributed by atoms with van der Waals surface area (Å²) in [6, 6.07) is 7.35. The first-order valence-electron chi connectivity index (χ1n) is 7.93. The third-order valence-electron chi connectivity index (χ3n) is 3.64. The van der Waals surface area contributed by atoms with E-state index in [1.165, 1.54) is 30.6 Å². The van der Waals surface area contributed by atoms with E-state index in [-0.39, 0.29) is 17.0 Å². The number of thiophene rings is 1. The Balaban J connectivity index is 1.81. The number of nitro groups is 1. The van der Waals surface area contributed by atoms with Gasteiger partial charge in [0, 0.05) is 11.6 Å². The van der Waals surface area contributed by atoms with Gasteiger partial charge in [0.25, 0.3) is 5.91 Å². The van der Waals surface area contributed by atoms with Gasteiger partial charge in [-0.3, -0.25) is 14.9 Å². The van der Waals surface area contributed by atoms with Crippen LogP contribution in [0.15, 0.2) is 45.6 Å². The first-order chi connectivity index (χ1) is 13.9. The summed E-state index contributed by atoms with van der Waals surface area (Å²) in [5.74, 6) is -1.48. The maximum Gasteiger partial charge on any atom is 0.346 e. The summed E-state index contributed by atoms with van der Waals surface area (Å²) < 4.78 is 4.88. The molecular weight excluding hydrogens is 402 g/mol. The van der Waals surface area contributed by atoms with E-state index < -0.39 is 28.0 Å². The molecule has 3 N–H and O–H groups in total. The lowest BCUT2D eigenvalue weighted by atomic mass is 10.2. The zero-order chi connectivity index (χ0) is 21.0. The maximum absolute atomic E-state index is 12.3. The molecule has 1 amide bonds. The number of methoxy groups -OCH3 is 1. The maximum atomic E-state index is 12.3. The van der Waals surface area contributed by atoms with Crippen LogP contribution in [0.25, 0.3) is 10.6 Å². The van der Waals surface area contributed by atoms with Crippen molar-refractivity contribution >= 4 is 29.1 Å². The van der Waals surface area contributed by atoms with Crippen LogP contribution in [0.4, 0.5) is 5.69 Å². The Labute approximate surface area is 166 Å². The number of nitrogens with one attached hydrogen (secondary N) is 2. The van der Waals surface area contributed by atoms with Crippen LogP contribution < -0.4 is 15.9 Å². The van der Waals surface area contributed by atoms with Gasteiger partial charge in [-0.2, -0.15) is 10.1 Å². The Bertz CT molecular complexity index is 1160. The summed E-state index contributed by atoms with van der Waals surface area (Å²) in [5.41, 5.74) is 1.41. The summed E-state index contributed by atoms with van der Waals surface area (Å²) in [6.45, 7) is 0. The summed E-state index contributed by atoms with van der Waals surface area (Å²) >= 11 is 1.38. The fraction of sp³-hybridized carbons (Fsp3) is 0.0588. The fourth-order valence-electron chi connectivity index (χ4n) is 2.34. The lowest BCUT2D eigenvalue weighted by Gasteiger charge is -2.05. The van der Waals surface area contributed by atoms with Crippen molar-refractivity contribution in [3.63, 3.8) is 0 Å². The minimum atomic E-state index is -0.778. The van der Waals surface area contributed by atoms with E-state index in [2.05, 4.69) is 20.5 Å². The minimum absolute atomic E-state index is 0.121. The van der Waals surface area contributed by atoms with Gasteiger partial charge >= 0.3 is 11.4 Å². The van der Waals surface area contributed by atoms with Gasteiger partial charge in [-0.1, -0.05) is 6.07 Å². The van der Waals surface area contributed by atoms with Crippen molar-refractivity contribution < 1.29 is 19.6 Å². The van der Waals surface area contributed by atoms with Crippen LogP contribution in [0.2, 0.25) is 0 Å². The standard InChI is InChI=1S/C17H13N5O6S/c1-28-13-6-9(5-12(15(13)23)22(26)27)8-18-21-16(24)11-7-10(19-17(25)20-11)14-3-2-4-29-14/h2-8,23H,1H3,(H,21,24)(H,19,20,25)/b18-8+. The topological polar surface area (TPSA) is 160 Å². The fourth-order valence-corrected chi connectivity index (χ4v) is 3.04. The molecule has 0 aliphatic heterocycles. The number of ether oxygens (including phenoxy) is 1. The molecule has 0 aliphatic rings. The number of nitro benzene ring substituents is 1. The van der Waals surface area contributed by atoms with E-state index in [4.69, 9.17) is 4.74 Å². The first kappa shape index (κ1) is 19.7. The van der Waals surface area contributed by atoms with Crippen LogP contribution in [0.3, 0.4) is 0 Å². The van der Waals surface area contributed by atoms with E-state index in [0.29, 0.717) is 5.69 Å². The van der Waals surface area contributed by atoms with E-state index in [9.17, 15) is 24.8 Å². The number of phenolic OH excluding ortho intramolecular Hbond substituents is 1. The normalized spacial score (nSPS) is 10.8. The van der Waals surface area contributed by atoms with Crippen molar-refractivity contribution in [3.05, 3.63) is 67.6 Å². The van der Waals surface area contributed by atoms with Crippen LogP contribution in [0, 0.1) is 10.1 Å². The summed E-state index contributed by atoms with van der Waals surface area (Å²) in [4.78, 5) is 41.1. The molecule has 0 bridgehead atoms.